The molecule has 174 valence electrons. The van der Waals surface area contributed by atoms with Gasteiger partial charge in [-0.15, -0.1) is 0 Å². The molecular weight excluding hydrogens is 418 g/mol. The Morgan fingerprint density at radius 2 is 1.48 bits per heavy atom. The molecule has 1 saturated heterocycles. The zero-order valence-electron chi connectivity index (χ0n) is 19.2. The van der Waals surface area contributed by atoms with Crippen LogP contribution >= 0.6 is 0 Å². The summed E-state index contributed by atoms with van der Waals surface area (Å²) in [6.45, 7) is 5.01. The van der Waals surface area contributed by atoms with Crippen LogP contribution < -0.4 is 15.9 Å². The number of nitrogens with one attached hydrogen (secondary N) is 1. The van der Waals surface area contributed by atoms with E-state index in [2.05, 4.69) is 25.5 Å². The lowest BCUT2D eigenvalue weighted by Crippen LogP contribution is -2.62. The zero-order valence-corrected chi connectivity index (χ0v) is 19.2. The third-order valence-corrected chi connectivity index (χ3v) is 6.41. The van der Waals surface area contributed by atoms with Crippen LogP contribution in [0, 0.1) is 0 Å². The third kappa shape index (κ3) is 4.54. The summed E-state index contributed by atoms with van der Waals surface area (Å²) in [5.41, 5.74) is 1.08. The molecule has 1 fully saturated rings. The minimum absolute atomic E-state index is 0.0111. The van der Waals surface area contributed by atoms with Gasteiger partial charge in [-0.05, 0) is 54.5 Å². The number of likely N-dealkylation sites (tertiary alicyclic amines) is 1. The van der Waals surface area contributed by atoms with Crippen LogP contribution in [0.5, 0.6) is 0 Å². The van der Waals surface area contributed by atoms with Gasteiger partial charge in [-0.1, -0.05) is 36.4 Å². The third-order valence-electron chi connectivity index (χ3n) is 6.41. The highest BCUT2D eigenvalue weighted by atomic mass is 16.2. The van der Waals surface area contributed by atoms with Crippen LogP contribution in [-0.2, 0) is 17.9 Å². The molecule has 0 aliphatic carbocycles. The SMILES string of the molecule is CCn1nnn(CCN2CCC(C(=O)NC)(N(c3ccccc3)c3ccccc3)CC2)c1=O. The monoisotopic (exact) mass is 449 g/mol. The fourth-order valence-corrected chi connectivity index (χ4v) is 4.61. The van der Waals surface area contributed by atoms with Crippen molar-refractivity contribution in [2.75, 3.05) is 31.6 Å². The van der Waals surface area contributed by atoms with Crippen LogP contribution in [0.1, 0.15) is 19.8 Å². The van der Waals surface area contributed by atoms with Crippen LogP contribution in [0.15, 0.2) is 65.5 Å². The van der Waals surface area contributed by atoms with E-state index >= 15 is 0 Å². The standard InChI is InChI=1S/C24H31N7O2/c1-3-29-23(33)30(27-26-29)19-18-28-16-14-24(15-17-28,22(32)25-2)31(20-10-6-4-7-11-20)21-12-8-5-9-13-21/h4-13H,3,14-19H2,1-2H3,(H,25,32). The zero-order chi connectivity index (χ0) is 23.3. The highest BCUT2D eigenvalue weighted by molar-refractivity contribution is 5.93. The Balaban J connectivity index is 1.57. The lowest BCUT2D eigenvalue weighted by atomic mass is 9.83. The number of amides is 1. The summed E-state index contributed by atoms with van der Waals surface area (Å²) in [5.74, 6) is 0.0111. The van der Waals surface area contributed by atoms with E-state index in [0.29, 0.717) is 32.5 Å². The van der Waals surface area contributed by atoms with E-state index in [1.54, 1.807) is 7.05 Å². The van der Waals surface area contributed by atoms with E-state index in [1.165, 1.54) is 9.36 Å². The molecule has 3 aromatic rings. The lowest BCUT2D eigenvalue weighted by molar-refractivity contribution is -0.127. The molecule has 9 heteroatoms. The molecule has 1 amide bonds. The number of carbonyl (C=O) groups excluding carboxylic acids is 1. The van der Waals surface area contributed by atoms with Crippen molar-refractivity contribution in [3.05, 3.63) is 71.1 Å². The van der Waals surface area contributed by atoms with Gasteiger partial charge in [-0.2, -0.15) is 9.36 Å². The summed E-state index contributed by atoms with van der Waals surface area (Å²) in [7, 11) is 1.70. The maximum atomic E-state index is 13.4. The molecule has 0 bridgehead atoms. The highest BCUT2D eigenvalue weighted by Crippen LogP contribution is 2.39. The Labute approximate surface area is 193 Å². The van der Waals surface area contributed by atoms with Gasteiger partial charge in [-0.3, -0.25) is 4.79 Å². The van der Waals surface area contributed by atoms with Crippen molar-refractivity contribution in [2.45, 2.75) is 38.4 Å². The Hall–Kier alpha value is -3.46. The first-order valence-electron chi connectivity index (χ1n) is 11.4. The lowest BCUT2D eigenvalue weighted by Gasteiger charge is -2.48. The predicted molar refractivity (Wildman–Crippen MR) is 127 cm³/mol. The largest absolute Gasteiger partial charge is 0.363 e. The normalized spacial score (nSPS) is 15.8. The molecular formula is C24H31N7O2. The summed E-state index contributed by atoms with van der Waals surface area (Å²) < 4.78 is 2.76. The Morgan fingerprint density at radius 3 is 1.97 bits per heavy atom. The minimum Gasteiger partial charge on any atom is -0.357 e. The number of hydrogen-bond acceptors (Lipinski definition) is 6. The Kier molecular flexibility index (Phi) is 6.88. The number of benzene rings is 2. The maximum absolute atomic E-state index is 13.4. The second kappa shape index (κ2) is 9.99. The van der Waals surface area contributed by atoms with Crippen LogP contribution in [0.3, 0.4) is 0 Å². The van der Waals surface area contributed by atoms with E-state index in [1.807, 2.05) is 67.6 Å². The van der Waals surface area contributed by atoms with Gasteiger partial charge in [0.1, 0.15) is 5.54 Å². The molecule has 1 aromatic heterocycles. The molecule has 0 atom stereocenters. The van der Waals surface area contributed by atoms with Crippen LogP contribution in [0.25, 0.3) is 0 Å². The molecule has 33 heavy (non-hydrogen) atoms. The van der Waals surface area contributed by atoms with E-state index < -0.39 is 5.54 Å². The number of likely N-dealkylation sites (N-methyl/N-ethyl adjacent to an activating group) is 1. The van der Waals surface area contributed by atoms with Crippen molar-refractivity contribution < 1.29 is 4.79 Å². The number of aromatic nitrogens is 4. The van der Waals surface area contributed by atoms with Gasteiger partial charge in [0.05, 0.1) is 6.54 Å². The molecule has 2 aromatic carbocycles. The number of piperidine rings is 1. The van der Waals surface area contributed by atoms with Crippen molar-refractivity contribution in [1.82, 2.24) is 30.0 Å². The predicted octanol–water partition coefficient (Wildman–Crippen LogP) is 1.88. The number of hydrogen-bond donors (Lipinski definition) is 1. The van der Waals surface area contributed by atoms with Gasteiger partial charge >= 0.3 is 5.69 Å². The van der Waals surface area contributed by atoms with Crippen LogP contribution in [0.4, 0.5) is 11.4 Å². The van der Waals surface area contributed by atoms with Gasteiger partial charge in [0.2, 0.25) is 5.91 Å². The van der Waals surface area contributed by atoms with Crippen molar-refractivity contribution in [3.63, 3.8) is 0 Å². The first-order chi connectivity index (χ1) is 16.1. The average molecular weight is 450 g/mol. The minimum atomic E-state index is -0.712. The highest BCUT2D eigenvalue weighted by Gasteiger charge is 2.46. The first kappa shape index (κ1) is 22.7. The average Bonchev–Trinajstić information content (AvgIpc) is 3.23. The van der Waals surface area contributed by atoms with Gasteiger partial charge in [-0.25, -0.2) is 4.79 Å². The second-order valence-corrected chi connectivity index (χ2v) is 8.26. The van der Waals surface area contributed by atoms with Crippen molar-refractivity contribution in [1.29, 1.82) is 0 Å². The number of anilines is 2. The molecule has 0 saturated carbocycles. The van der Waals surface area contributed by atoms with Crippen molar-refractivity contribution in [3.8, 4) is 0 Å². The Bertz CT molecular complexity index is 1060. The fourth-order valence-electron chi connectivity index (χ4n) is 4.61. The maximum Gasteiger partial charge on any atom is 0.363 e. The summed E-state index contributed by atoms with van der Waals surface area (Å²) in [4.78, 5) is 30.1. The molecule has 0 radical (unpaired) electrons. The van der Waals surface area contributed by atoms with E-state index in [-0.39, 0.29) is 11.6 Å². The number of aryl methyl sites for hydroxylation is 1. The van der Waals surface area contributed by atoms with E-state index in [9.17, 15) is 9.59 Å². The second-order valence-electron chi connectivity index (χ2n) is 8.26. The molecule has 4 rings (SSSR count). The van der Waals surface area contributed by atoms with Gasteiger partial charge in [0.15, 0.2) is 0 Å². The van der Waals surface area contributed by atoms with Gasteiger partial charge in [0.25, 0.3) is 0 Å². The van der Waals surface area contributed by atoms with Crippen molar-refractivity contribution in [2.24, 2.45) is 0 Å². The number of tetrazole rings is 1. The van der Waals surface area contributed by atoms with Crippen LogP contribution in [-0.4, -0.2) is 62.8 Å². The number of rotatable bonds is 8. The summed E-state index contributed by atoms with van der Waals surface area (Å²) in [6, 6.07) is 20.2. The molecule has 0 unspecified atom stereocenters. The summed E-state index contributed by atoms with van der Waals surface area (Å²) in [5, 5.41) is 10.8. The molecule has 9 nitrogen and oxygen atoms in total. The number of carbonyl (C=O) groups is 1. The topological polar surface area (TPSA) is 88.3 Å². The molecule has 1 N–H and O–H groups in total. The summed E-state index contributed by atoms with van der Waals surface area (Å²) in [6.07, 6.45) is 1.32. The smallest absolute Gasteiger partial charge is 0.357 e. The van der Waals surface area contributed by atoms with E-state index in [0.717, 1.165) is 24.5 Å². The molecule has 0 spiro atoms. The fraction of sp³-hybridized carbons (Fsp3) is 0.417. The first-order valence-corrected chi connectivity index (χ1v) is 11.4. The number of nitrogens with zero attached hydrogens (tertiary/aromatic N) is 6. The quantitative estimate of drug-likeness (QED) is 0.565. The molecule has 2 heterocycles. The van der Waals surface area contributed by atoms with Gasteiger partial charge < -0.3 is 15.1 Å². The van der Waals surface area contributed by atoms with E-state index in [4.69, 9.17) is 0 Å². The van der Waals surface area contributed by atoms with Crippen LogP contribution in [0.2, 0.25) is 0 Å². The number of para-hydroxylation sites is 2. The van der Waals surface area contributed by atoms with Gasteiger partial charge in [0, 0.05) is 44.6 Å². The summed E-state index contributed by atoms with van der Waals surface area (Å²) >= 11 is 0. The van der Waals surface area contributed by atoms with Crippen molar-refractivity contribution >= 4 is 17.3 Å². The molecule has 1 aliphatic heterocycles. The Morgan fingerprint density at radius 1 is 0.939 bits per heavy atom. The molecule has 1 aliphatic rings.